The summed E-state index contributed by atoms with van der Waals surface area (Å²) in [4.78, 5) is 16.5. The molecule has 38 heavy (non-hydrogen) atoms. The van der Waals surface area contributed by atoms with Gasteiger partial charge < -0.3 is 24.4 Å². The SMILES string of the molecule is C[Si](C)(C)O[C@@H]1[C@H](n2cc(F)c(N)nc2=O)O[C@](CCl)(COCc2ccccc2)[C@H]1OCc1ccccc1. The van der Waals surface area contributed by atoms with E-state index in [-0.39, 0.29) is 19.1 Å². The first-order chi connectivity index (χ1) is 18.1. The molecule has 0 aliphatic carbocycles. The minimum absolute atomic E-state index is 0.0249. The van der Waals surface area contributed by atoms with Gasteiger partial charge in [-0.2, -0.15) is 4.98 Å². The summed E-state index contributed by atoms with van der Waals surface area (Å²) in [5.74, 6) is -1.35. The van der Waals surface area contributed by atoms with Gasteiger partial charge in [0.15, 0.2) is 26.2 Å². The average molecular weight is 562 g/mol. The van der Waals surface area contributed by atoms with Crippen LogP contribution >= 0.6 is 11.6 Å². The Balaban J connectivity index is 1.72. The van der Waals surface area contributed by atoms with Crippen molar-refractivity contribution in [1.29, 1.82) is 0 Å². The molecule has 8 nitrogen and oxygen atoms in total. The molecule has 2 aromatic carbocycles. The first-order valence-electron chi connectivity index (χ1n) is 12.3. The molecule has 4 atom stereocenters. The van der Waals surface area contributed by atoms with E-state index in [1.54, 1.807) is 0 Å². The standard InChI is InChI=1S/C27H33ClFN3O5Si/c1-38(2,3)37-22-23(35-16-20-12-8-5-9-13-20)27(17-28,18-34-15-19-10-6-4-7-11-19)36-25(22)32-14-21(29)24(30)31-26(32)33/h4-14,22-23,25H,15-18H2,1-3H3,(H2,30,31,33)/t22-,23-,25+,27+/m0/s1. The molecule has 2 heterocycles. The maximum absolute atomic E-state index is 14.5. The smallest absolute Gasteiger partial charge is 0.351 e. The number of nitrogen functional groups attached to an aromatic ring is 1. The second kappa shape index (κ2) is 12.1. The molecule has 0 bridgehead atoms. The monoisotopic (exact) mass is 561 g/mol. The van der Waals surface area contributed by atoms with Crippen LogP contribution in [0.2, 0.25) is 19.6 Å². The number of nitrogens with two attached hydrogens (primary N) is 1. The topological polar surface area (TPSA) is 97.8 Å². The number of anilines is 1. The van der Waals surface area contributed by atoms with Crippen molar-refractivity contribution in [2.24, 2.45) is 0 Å². The third-order valence-electron chi connectivity index (χ3n) is 6.11. The lowest BCUT2D eigenvalue weighted by Gasteiger charge is -2.35. The van der Waals surface area contributed by atoms with Gasteiger partial charge in [-0.05, 0) is 30.8 Å². The van der Waals surface area contributed by atoms with Gasteiger partial charge in [0, 0.05) is 0 Å². The number of aromatic nitrogens is 2. The summed E-state index contributed by atoms with van der Waals surface area (Å²) >= 11 is 6.58. The van der Waals surface area contributed by atoms with Crippen LogP contribution in [0.25, 0.3) is 0 Å². The third kappa shape index (κ3) is 6.69. The van der Waals surface area contributed by atoms with Gasteiger partial charge in [-0.3, -0.25) is 4.57 Å². The Labute approximate surface area is 227 Å². The molecule has 0 radical (unpaired) electrons. The average Bonchev–Trinajstić information content (AvgIpc) is 3.18. The van der Waals surface area contributed by atoms with Crippen molar-refractivity contribution in [2.45, 2.75) is 56.9 Å². The highest BCUT2D eigenvalue weighted by molar-refractivity contribution is 6.69. The highest BCUT2D eigenvalue weighted by Crippen LogP contribution is 2.43. The normalized spacial score (nSPS) is 23.6. The van der Waals surface area contributed by atoms with Gasteiger partial charge in [0.05, 0.1) is 31.9 Å². The molecule has 3 aromatic rings. The van der Waals surface area contributed by atoms with Crippen LogP contribution in [0.4, 0.5) is 10.2 Å². The van der Waals surface area contributed by atoms with Crippen molar-refractivity contribution >= 4 is 25.7 Å². The Kier molecular flexibility index (Phi) is 9.02. The number of rotatable bonds is 11. The fourth-order valence-corrected chi connectivity index (χ4v) is 5.74. The van der Waals surface area contributed by atoms with Crippen LogP contribution in [0.15, 0.2) is 71.7 Å². The Morgan fingerprint density at radius 2 is 1.68 bits per heavy atom. The van der Waals surface area contributed by atoms with Crippen molar-refractivity contribution in [3.8, 4) is 0 Å². The van der Waals surface area contributed by atoms with E-state index in [1.807, 2.05) is 80.3 Å². The summed E-state index contributed by atoms with van der Waals surface area (Å²) in [7, 11) is -2.25. The molecule has 0 spiro atoms. The van der Waals surface area contributed by atoms with E-state index >= 15 is 0 Å². The Morgan fingerprint density at radius 1 is 1.08 bits per heavy atom. The van der Waals surface area contributed by atoms with Gasteiger partial charge in [-0.25, -0.2) is 9.18 Å². The molecule has 1 aliphatic rings. The molecule has 11 heteroatoms. The predicted molar refractivity (Wildman–Crippen MR) is 146 cm³/mol. The van der Waals surface area contributed by atoms with Crippen molar-refractivity contribution in [2.75, 3.05) is 18.2 Å². The van der Waals surface area contributed by atoms with Crippen molar-refractivity contribution in [1.82, 2.24) is 9.55 Å². The molecule has 1 aromatic heterocycles. The van der Waals surface area contributed by atoms with Crippen LogP contribution in [0.5, 0.6) is 0 Å². The van der Waals surface area contributed by atoms with E-state index < -0.39 is 49.7 Å². The fraction of sp³-hybridized carbons (Fsp3) is 0.407. The Hall–Kier alpha value is -2.60. The number of alkyl halides is 1. The minimum atomic E-state index is -2.25. The quantitative estimate of drug-likeness (QED) is 0.272. The van der Waals surface area contributed by atoms with Crippen LogP contribution < -0.4 is 11.4 Å². The van der Waals surface area contributed by atoms with E-state index in [2.05, 4.69) is 4.98 Å². The molecule has 0 unspecified atom stereocenters. The van der Waals surface area contributed by atoms with Gasteiger partial charge >= 0.3 is 5.69 Å². The molecule has 0 saturated carbocycles. The summed E-state index contributed by atoms with van der Waals surface area (Å²) in [6.45, 7) is 6.64. The number of hydrogen-bond donors (Lipinski definition) is 1. The number of nitrogens with zero attached hydrogens (tertiary/aromatic N) is 2. The zero-order valence-electron chi connectivity index (χ0n) is 21.7. The molecule has 1 fully saturated rings. The van der Waals surface area contributed by atoms with E-state index in [0.29, 0.717) is 6.61 Å². The highest BCUT2D eigenvalue weighted by atomic mass is 35.5. The minimum Gasteiger partial charge on any atom is -0.407 e. The van der Waals surface area contributed by atoms with Crippen molar-refractivity contribution < 1.29 is 23.0 Å². The van der Waals surface area contributed by atoms with Crippen LogP contribution in [0.1, 0.15) is 17.4 Å². The largest absolute Gasteiger partial charge is 0.407 e. The molecule has 2 N–H and O–H groups in total. The van der Waals surface area contributed by atoms with E-state index in [0.717, 1.165) is 21.9 Å². The molecule has 1 aliphatic heterocycles. The van der Waals surface area contributed by atoms with Crippen LogP contribution in [0.3, 0.4) is 0 Å². The molecule has 1 saturated heterocycles. The van der Waals surface area contributed by atoms with Crippen LogP contribution in [-0.2, 0) is 31.9 Å². The Morgan fingerprint density at radius 3 is 2.26 bits per heavy atom. The second-order valence-electron chi connectivity index (χ2n) is 10.3. The number of ether oxygens (including phenoxy) is 3. The zero-order valence-corrected chi connectivity index (χ0v) is 23.4. The van der Waals surface area contributed by atoms with Crippen LogP contribution in [0, 0.1) is 5.82 Å². The van der Waals surface area contributed by atoms with Gasteiger partial charge in [0.25, 0.3) is 0 Å². The molecular weight excluding hydrogens is 529 g/mol. The molecule has 204 valence electrons. The number of benzene rings is 2. The van der Waals surface area contributed by atoms with Gasteiger partial charge in [0.2, 0.25) is 0 Å². The molecule has 4 rings (SSSR count). The summed E-state index contributed by atoms with van der Waals surface area (Å²) < 4.78 is 41.1. The molecular formula is C27H33ClFN3O5Si. The zero-order chi connectivity index (χ0) is 27.3. The summed E-state index contributed by atoms with van der Waals surface area (Å²) in [6.07, 6.45) is -1.64. The Bertz CT molecular complexity index is 1260. The predicted octanol–water partition coefficient (Wildman–Crippen LogP) is 4.49. The third-order valence-corrected chi connectivity index (χ3v) is 7.54. The summed E-state index contributed by atoms with van der Waals surface area (Å²) in [6, 6.07) is 19.3. The fourth-order valence-electron chi connectivity index (χ4n) is 4.39. The van der Waals surface area contributed by atoms with Crippen LogP contribution in [-0.4, -0.2) is 48.2 Å². The van der Waals surface area contributed by atoms with E-state index in [9.17, 15) is 9.18 Å². The maximum Gasteiger partial charge on any atom is 0.351 e. The first-order valence-corrected chi connectivity index (χ1v) is 16.3. The lowest BCUT2D eigenvalue weighted by Crippen LogP contribution is -2.52. The summed E-state index contributed by atoms with van der Waals surface area (Å²) in [5, 5.41) is 0. The van der Waals surface area contributed by atoms with Crippen molar-refractivity contribution in [3.05, 3.63) is 94.3 Å². The second-order valence-corrected chi connectivity index (χ2v) is 15.0. The lowest BCUT2D eigenvalue weighted by molar-refractivity contribution is -0.144. The lowest BCUT2D eigenvalue weighted by atomic mass is 9.97. The number of hydrogen-bond acceptors (Lipinski definition) is 7. The summed E-state index contributed by atoms with van der Waals surface area (Å²) in [5.41, 5.74) is 5.47. The van der Waals surface area contributed by atoms with E-state index in [4.69, 9.17) is 36.0 Å². The van der Waals surface area contributed by atoms with Gasteiger partial charge in [0.1, 0.15) is 17.8 Å². The molecule has 0 amide bonds. The van der Waals surface area contributed by atoms with Gasteiger partial charge in [-0.1, -0.05) is 60.7 Å². The van der Waals surface area contributed by atoms with Crippen molar-refractivity contribution in [3.63, 3.8) is 0 Å². The first kappa shape index (κ1) is 28.4. The van der Waals surface area contributed by atoms with E-state index in [1.165, 1.54) is 0 Å². The number of halogens is 2. The maximum atomic E-state index is 14.5. The highest BCUT2D eigenvalue weighted by Gasteiger charge is 2.58. The van der Waals surface area contributed by atoms with Gasteiger partial charge in [-0.15, -0.1) is 11.6 Å².